The molecular formula is C18H18ClN5O. The molecule has 0 bridgehead atoms. The Morgan fingerprint density at radius 2 is 1.96 bits per heavy atom. The van der Waals surface area contributed by atoms with Crippen molar-refractivity contribution in [3.05, 3.63) is 77.2 Å². The van der Waals surface area contributed by atoms with Gasteiger partial charge in [-0.25, -0.2) is 14.5 Å². The predicted molar refractivity (Wildman–Crippen MR) is 96.5 cm³/mol. The van der Waals surface area contributed by atoms with Gasteiger partial charge in [0.1, 0.15) is 0 Å². The number of aromatic nitrogens is 3. The Morgan fingerprint density at radius 1 is 1.20 bits per heavy atom. The topological polar surface area (TPSA) is 63.1 Å². The average Bonchev–Trinajstić information content (AvgIpc) is 3.16. The summed E-state index contributed by atoms with van der Waals surface area (Å²) in [6, 6.07) is 12.9. The van der Waals surface area contributed by atoms with Crippen molar-refractivity contribution in [1.29, 1.82) is 0 Å². The molecule has 0 saturated heterocycles. The van der Waals surface area contributed by atoms with Crippen LogP contribution in [0.15, 0.2) is 61.1 Å². The SMILES string of the molecule is CN(Cc1ccc(Cl)cc1)C(=O)NCc1ccc(-n2cccn2)nc1. The van der Waals surface area contributed by atoms with E-state index >= 15 is 0 Å². The molecule has 7 heteroatoms. The zero-order valence-electron chi connectivity index (χ0n) is 13.8. The molecule has 1 aromatic carbocycles. The molecule has 0 fully saturated rings. The minimum Gasteiger partial charge on any atom is -0.334 e. The average molecular weight is 356 g/mol. The fourth-order valence-electron chi connectivity index (χ4n) is 2.31. The van der Waals surface area contributed by atoms with Crippen LogP contribution < -0.4 is 5.32 Å². The Bertz CT molecular complexity index is 816. The summed E-state index contributed by atoms with van der Waals surface area (Å²) in [5, 5.41) is 7.69. The molecule has 3 rings (SSSR count). The van der Waals surface area contributed by atoms with Gasteiger partial charge in [-0.15, -0.1) is 0 Å². The Labute approximate surface area is 151 Å². The smallest absolute Gasteiger partial charge is 0.317 e. The third kappa shape index (κ3) is 4.58. The summed E-state index contributed by atoms with van der Waals surface area (Å²) in [6.07, 6.45) is 5.26. The number of nitrogens with zero attached hydrogens (tertiary/aromatic N) is 4. The third-order valence-electron chi connectivity index (χ3n) is 3.67. The van der Waals surface area contributed by atoms with Crippen LogP contribution in [0.3, 0.4) is 0 Å². The molecule has 0 saturated carbocycles. The van der Waals surface area contributed by atoms with Gasteiger partial charge in [0.15, 0.2) is 5.82 Å². The van der Waals surface area contributed by atoms with Crippen molar-refractivity contribution < 1.29 is 4.79 Å². The number of carbonyl (C=O) groups is 1. The molecule has 128 valence electrons. The minimum atomic E-state index is -0.147. The summed E-state index contributed by atoms with van der Waals surface area (Å²) in [6.45, 7) is 0.926. The van der Waals surface area contributed by atoms with Crippen LogP contribution in [0.2, 0.25) is 5.02 Å². The van der Waals surface area contributed by atoms with E-state index in [9.17, 15) is 4.79 Å². The van der Waals surface area contributed by atoms with Gasteiger partial charge in [0.05, 0.1) is 0 Å². The molecule has 1 N–H and O–H groups in total. The Hall–Kier alpha value is -2.86. The minimum absolute atomic E-state index is 0.147. The second kappa shape index (κ2) is 7.81. The molecule has 25 heavy (non-hydrogen) atoms. The van der Waals surface area contributed by atoms with E-state index in [-0.39, 0.29) is 6.03 Å². The van der Waals surface area contributed by atoms with Crippen molar-refractivity contribution in [3.63, 3.8) is 0 Å². The van der Waals surface area contributed by atoms with Crippen molar-refractivity contribution in [1.82, 2.24) is 25.0 Å². The highest BCUT2D eigenvalue weighted by Gasteiger charge is 2.09. The van der Waals surface area contributed by atoms with E-state index in [1.165, 1.54) is 0 Å². The predicted octanol–water partition coefficient (Wildman–Crippen LogP) is 3.26. The maximum absolute atomic E-state index is 12.2. The molecule has 2 heterocycles. The first-order valence-electron chi connectivity index (χ1n) is 7.80. The van der Waals surface area contributed by atoms with Gasteiger partial charge >= 0.3 is 6.03 Å². The van der Waals surface area contributed by atoms with Gasteiger partial charge < -0.3 is 10.2 Å². The van der Waals surface area contributed by atoms with E-state index in [1.54, 1.807) is 29.0 Å². The maximum atomic E-state index is 12.2. The van der Waals surface area contributed by atoms with Gasteiger partial charge in [-0.2, -0.15) is 5.10 Å². The normalized spacial score (nSPS) is 10.5. The molecule has 0 aliphatic carbocycles. The molecular weight excluding hydrogens is 338 g/mol. The molecule has 2 amide bonds. The third-order valence-corrected chi connectivity index (χ3v) is 3.92. The summed E-state index contributed by atoms with van der Waals surface area (Å²) in [5.41, 5.74) is 1.94. The van der Waals surface area contributed by atoms with Crippen LogP contribution in [0.5, 0.6) is 0 Å². The van der Waals surface area contributed by atoms with Crippen molar-refractivity contribution in [2.45, 2.75) is 13.1 Å². The van der Waals surface area contributed by atoms with Gasteiger partial charge in [-0.3, -0.25) is 0 Å². The van der Waals surface area contributed by atoms with Crippen LogP contribution >= 0.6 is 11.6 Å². The summed E-state index contributed by atoms with van der Waals surface area (Å²) < 4.78 is 1.68. The summed E-state index contributed by atoms with van der Waals surface area (Å²) >= 11 is 5.87. The van der Waals surface area contributed by atoms with Gasteiger partial charge in [0.25, 0.3) is 0 Å². The lowest BCUT2D eigenvalue weighted by molar-refractivity contribution is 0.206. The Morgan fingerprint density at radius 3 is 2.60 bits per heavy atom. The first kappa shape index (κ1) is 17.0. The molecule has 0 aliphatic heterocycles. The summed E-state index contributed by atoms with van der Waals surface area (Å²) in [5.74, 6) is 0.736. The lowest BCUT2D eigenvalue weighted by atomic mass is 10.2. The molecule has 6 nitrogen and oxygen atoms in total. The molecule has 2 aromatic heterocycles. The lowest BCUT2D eigenvalue weighted by Crippen LogP contribution is -2.36. The number of hydrogen-bond donors (Lipinski definition) is 1. The Balaban J connectivity index is 1.52. The summed E-state index contributed by atoms with van der Waals surface area (Å²) in [4.78, 5) is 18.2. The quantitative estimate of drug-likeness (QED) is 0.764. The molecule has 0 radical (unpaired) electrons. The van der Waals surface area contributed by atoms with Crippen molar-refractivity contribution in [2.75, 3.05) is 7.05 Å². The van der Waals surface area contributed by atoms with Gasteiger partial charge in [0, 0.05) is 43.8 Å². The highest BCUT2D eigenvalue weighted by atomic mass is 35.5. The molecule has 0 unspecified atom stereocenters. The highest BCUT2D eigenvalue weighted by molar-refractivity contribution is 6.30. The van der Waals surface area contributed by atoms with Crippen LogP contribution in [0.1, 0.15) is 11.1 Å². The van der Waals surface area contributed by atoms with E-state index in [1.807, 2.05) is 48.7 Å². The number of urea groups is 1. The monoisotopic (exact) mass is 355 g/mol. The van der Waals surface area contributed by atoms with E-state index in [2.05, 4.69) is 15.4 Å². The number of hydrogen-bond acceptors (Lipinski definition) is 3. The van der Waals surface area contributed by atoms with E-state index in [0.717, 1.165) is 16.9 Å². The summed E-state index contributed by atoms with van der Waals surface area (Å²) in [7, 11) is 1.75. The largest absolute Gasteiger partial charge is 0.334 e. The number of rotatable bonds is 5. The van der Waals surface area contributed by atoms with E-state index in [0.29, 0.717) is 18.1 Å². The van der Waals surface area contributed by atoms with Crippen molar-refractivity contribution >= 4 is 17.6 Å². The number of nitrogens with one attached hydrogen (secondary N) is 1. The molecule has 3 aromatic rings. The van der Waals surface area contributed by atoms with Crippen LogP contribution in [0.25, 0.3) is 5.82 Å². The van der Waals surface area contributed by atoms with Crippen LogP contribution in [0, 0.1) is 0 Å². The van der Waals surface area contributed by atoms with Gasteiger partial charge in [-0.05, 0) is 35.4 Å². The standard InChI is InChI=1S/C18H18ClN5O/c1-23(13-14-3-6-16(19)7-4-14)18(25)21-12-15-5-8-17(20-11-15)24-10-2-9-22-24/h2-11H,12-13H2,1H3,(H,21,25). The lowest BCUT2D eigenvalue weighted by Gasteiger charge is -2.18. The first-order chi connectivity index (χ1) is 12.1. The number of halogens is 1. The number of amides is 2. The molecule has 0 spiro atoms. The first-order valence-corrected chi connectivity index (χ1v) is 8.18. The van der Waals surface area contributed by atoms with Gasteiger partial charge in [-0.1, -0.05) is 29.8 Å². The molecule has 0 aliphatic rings. The second-order valence-corrected chi connectivity index (χ2v) is 6.05. The van der Waals surface area contributed by atoms with E-state index < -0.39 is 0 Å². The highest BCUT2D eigenvalue weighted by Crippen LogP contribution is 2.11. The zero-order chi connectivity index (χ0) is 17.6. The van der Waals surface area contributed by atoms with Crippen molar-refractivity contribution in [2.24, 2.45) is 0 Å². The fourth-order valence-corrected chi connectivity index (χ4v) is 2.44. The van der Waals surface area contributed by atoms with Gasteiger partial charge in [0.2, 0.25) is 0 Å². The van der Waals surface area contributed by atoms with E-state index in [4.69, 9.17) is 11.6 Å². The maximum Gasteiger partial charge on any atom is 0.317 e. The Kier molecular flexibility index (Phi) is 5.30. The fraction of sp³-hybridized carbons (Fsp3) is 0.167. The number of carbonyl (C=O) groups excluding carboxylic acids is 1. The second-order valence-electron chi connectivity index (χ2n) is 5.62. The number of pyridine rings is 1. The van der Waals surface area contributed by atoms with Crippen LogP contribution in [-0.2, 0) is 13.1 Å². The number of benzene rings is 1. The molecule has 0 atom stereocenters. The van der Waals surface area contributed by atoms with Crippen LogP contribution in [-0.4, -0.2) is 32.7 Å². The van der Waals surface area contributed by atoms with Crippen molar-refractivity contribution in [3.8, 4) is 5.82 Å². The van der Waals surface area contributed by atoms with Crippen LogP contribution in [0.4, 0.5) is 4.79 Å². The zero-order valence-corrected chi connectivity index (χ0v) is 14.5.